The molecule has 4 atom stereocenters. The van der Waals surface area contributed by atoms with Gasteiger partial charge in [0.25, 0.3) is 0 Å². The lowest BCUT2D eigenvalue weighted by Gasteiger charge is -2.41. The van der Waals surface area contributed by atoms with E-state index in [2.05, 4.69) is 28.6 Å². The van der Waals surface area contributed by atoms with Crippen LogP contribution in [0.1, 0.15) is 38.8 Å². The molecule has 3 saturated heterocycles. The van der Waals surface area contributed by atoms with E-state index in [-0.39, 0.29) is 24.2 Å². The van der Waals surface area contributed by atoms with Gasteiger partial charge in [-0.25, -0.2) is 15.0 Å². The summed E-state index contributed by atoms with van der Waals surface area (Å²) < 4.78 is 12.0. The smallest absolute Gasteiger partial charge is 0.175 e. The monoisotopic (exact) mass is 498 g/mol. The van der Waals surface area contributed by atoms with Gasteiger partial charge in [0, 0.05) is 37.3 Å². The maximum Gasteiger partial charge on any atom is 0.175 e. The van der Waals surface area contributed by atoms with Crippen LogP contribution in [0.3, 0.4) is 0 Å². The molecule has 0 bridgehead atoms. The molecule has 0 amide bonds. The Morgan fingerprint density at radius 2 is 2.06 bits per heavy atom. The van der Waals surface area contributed by atoms with Gasteiger partial charge in [-0.3, -0.25) is 0 Å². The maximum absolute atomic E-state index is 10.1. The van der Waals surface area contributed by atoms with E-state index in [9.17, 15) is 5.11 Å². The van der Waals surface area contributed by atoms with E-state index in [1.54, 1.807) is 6.20 Å². The van der Waals surface area contributed by atoms with Gasteiger partial charge in [0.15, 0.2) is 17.4 Å². The highest BCUT2D eigenvalue weighted by molar-refractivity contribution is 7.99. The van der Waals surface area contributed by atoms with E-state index in [1.165, 1.54) is 11.8 Å². The van der Waals surface area contributed by atoms with Crippen LogP contribution in [0.15, 0.2) is 28.4 Å². The molecule has 6 heterocycles. The summed E-state index contributed by atoms with van der Waals surface area (Å²) in [6.45, 7) is 8.28. The zero-order valence-electron chi connectivity index (χ0n) is 20.4. The lowest BCUT2D eigenvalue weighted by Crippen LogP contribution is -2.51. The van der Waals surface area contributed by atoms with Crippen molar-refractivity contribution in [3.8, 4) is 5.75 Å². The Bertz CT molecular complexity index is 1090. The number of piperidine rings is 1. The number of nitrogens with zero attached hydrogens (tertiary/aromatic N) is 5. The van der Waals surface area contributed by atoms with E-state index in [0.29, 0.717) is 24.3 Å². The van der Waals surface area contributed by atoms with Crippen LogP contribution in [0.4, 0.5) is 11.6 Å². The van der Waals surface area contributed by atoms with E-state index in [0.717, 1.165) is 72.8 Å². The highest BCUT2D eigenvalue weighted by atomic mass is 32.2. The van der Waals surface area contributed by atoms with Crippen LogP contribution >= 0.6 is 11.8 Å². The topological polar surface area (TPSA) is 110 Å². The fourth-order valence-electron chi connectivity index (χ4n) is 6.16. The zero-order chi connectivity index (χ0) is 24.2. The normalized spacial score (nSPS) is 29.3. The standard InChI is InChI=1S/C25H34N6O3S/c1-15-9-17-13-33-21-19(3-6-27-24(21)31(17)11-15)35-20-10-28-23(18(12-32)29-20)30-7-4-25(5-8-30)14-34-16(2)22(25)26/h3,6,10,15-17,22,32H,4-5,7-9,11-14,26H2,1-2H3/t15-,16-,17?,22+/m0/s1. The Labute approximate surface area is 210 Å². The van der Waals surface area contributed by atoms with E-state index >= 15 is 0 Å². The number of hydrogen-bond acceptors (Lipinski definition) is 10. The SMILES string of the molecule is C[C@H]1CC2COc3c(Sc4cnc(N5CCC6(CC5)CO[C@@H](C)[C@H]6N)c(CO)n4)ccnc3N2C1. The number of hydrogen-bond donors (Lipinski definition) is 2. The summed E-state index contributed by atoms with van der Waals surface area (Å²) in [6.07, 6.45) is 6.80. The summed E-state index contributed by atoms with van der Waals surface area (Å²) >= 11 is 1.51. The first kappa shape index (κ1) is 23.3. The number of nitrogens with two attached hydrogens (primary N) is 1. The molecular formula is C25H34N6O3S. The molecule has 2 aromatic heterocycles. The van der Waals surface area contributed by atoms with Crippen LogP contribution in [0.25, 0.3) is 0 Å². The molecule has 188 valence electrons. The summed E-state index contributed by atoms with van der Waals surface area (Å²) in [5.74, 6) is 3.15. The van der Waals surface area contributed by atoms with Crippen molar-refractivity contribution in [1.29, 1.82) is 0 Å². The quantitative estimate of drug-likeness (QED) is 0.652. The first-order chi connectivity index (χ1) is 17.0. The predicted molar refractivity (Wildman–Crippen MR) is 134 cm³/mol. The average Bonchev–Trinajstić information content (AvgIpc) is 3.39. The molecule has 0 aromatic carbocycles. The second kappa shape index (κ2) is 9.06. The Hall–Kier alpha value is -2.14. The second-order valence-electron chi connectivity index (χ2n) is 10.5. The number of ether oxygens (including phenoxy) is 2. The molecular weight excluding hydrogens is 464 g/mol. The van der Waals surface area contributed by atoms with Gasteiger partial charge in [-0.15, -0.1) is 0 Å². The van der Waals surface area contributed by atoms with Gasteiger partial charge in [-0.05, 0) is 38.2 Å². The largest absolute Gasteiger partial charge is 0.486 e. The highest BCUT2D eigenvalue weighted by Gasteiger charge is 2.47. The molecule has 4 aliphatic heterocycles. The lowest BCUT2D eigenvalue weighted by atomic mass is 9.73. The third-order valence-corrected chi connectivity index (χ3v) is 9.18. The van der Waals surface area contributed by atoms with Crippen molar-refractivity contribution in [3.63, 3.8) is 0 Å². The van der Waals surface area contributed by atoms with E-state index in [4.69, 9.17) is 25.2 Å². The van der Waals surface area contributed by atoms with Crippen LogP contribution < -0.4 is 20.3 Å². The zero-order valence-corrected chi connectivity index (χ0v) is 21.2. The molecule has 10 heteroatoms. The van der Waals surface area contributed by atoms with E-state index < -0.39 is 0 Å². The molecule has 3 N–H and O–H groups in total. The first-order valence-electron chi connectivity index (χ1n) is 12.6. The number of aliphatic hydroxyl groups excluding tert-OH is 1. The summed E-state index contributed by atoms with van der Waals surface area (Å²) in [6, 6.07) is 2.44. The molecule has 0 radical (unpaired) electrons. The van der Waals surface area contributed by atoms with E-state index in [1.807, 2.05) is 12.3 Å². The third-order valence-electron chi connectivity index (χ3n) is 8.24. The maximum atomic E-state index is 10.1. The molecule has 0 aliphatic carbocycles. The molecule has 4 aliphatic rings. The summed E-state index contributed by atoms with van der Waals surface area (Å²) in [5.41, 5.74) is 7.12. The average molecular weight is 499 g/mol. The third kappa shape index (κ3) is 4.04. The fourth-order valence-corrected chi connectivity index (χ4v) is 7.02. The van der Waals surface area contributed by atoms with Crippen LogP contribution in [-0.4, -0.2) is 71.1 Å². The summed E-state index contributed by atoms with van der Waals surface area (Å²) in [7, 11) is 0. The minimum absolute atomic E-state index is 0.0467. The Balaban J connectivity index is 1.19. The van der Waals surface area contributed by atoms with Gasteiger partial charge < -0.3 is 30.1 Å². The number of aromatic nitrogens is 3. The second-order valence-corrected chi connectivity index (χ2v) is 11.6. The lowest BCUT2D eigenvalue weighted by molar-refractivity contribution is 0.0973. The van der Waals surface area contributed by atoms with Crippen LogP contribution in [0.5, 0.6) is 5.75 Å². The van der Waals surface area contributed by atoms with Crippen molar-refractivity contribution in [2.45, 2.75) is 67.8 Å². The van der Waals surface area contributed by atoms with Crippen molar-refractivity contribution in [3.05, 3.63) is 24.2 Å². The summed E-state index contributed by atoms with van der Waals surface area (Å²) in [5, 5.41) is 10.9. The molecule has 0 saturated carbocycles. The fraction of sp³-hybridized carbons (Fsp3) is 0.640. The number of rotatable bonds is 4. The Morgan fingerprint density at radius 1 is 1.23 bits per heavy atom. The van der Waals surface area contributed by atoms with Crippen molar-refractivity contribution in [1.82, 2.24) is 15.0 Å². The van der Waals surface area contributed by atoms with Crippen molar-refractivity contribution < 1.29 is 14.6 Å². The van der Waals surface area contributed by atoms with Crippen molar-refractivity contribution >= 4 is 23.4 Å². The van der Waals surface area contributed by atoms with Gasteiger partial charge >= 0.3 is 0 Å². The first-order valence-corrected chi connectivity index (χ1v) is 13.4. The highest BCUT2D eigenvalue weighted by Crippen LogP contribution is 2.45. The Morgan fingerprint density at radius 3 is 2.80 bits per heavy atom. The number of aliphatic hydroxyl groups is 1. The molecule has 2 aromatic rings. The molecule has 35 heavy (non-hydrogen) atoms. The van der Waals surface area contributed by atoms with Gasteiger partial charge in [0.1, 0.15) is 17.3 Å². The van der Waals surface area contributed by atoms with Gasteiger partial charge in [-0.2, -0.15) is 0 Å². The molecule has 9 nitrogen and oxygen atoms in total. The van der Waals surface area contributed by atoms with Crippen LogP contribution in [-0.2, 0) is 11.3 Å². The minimum atomic E-state index is -0.156. The molecule has 1 unspecified atom stereocenters. The number of pyridine rings is 1. The minimum Gasteiger partial charge on any atom is -0.486 e. The van der Waals surface area contributed by atoms with Crippen molar-refractivity contribution in [2.75, 3.05) is 42.6 Å². The number of fused-ring (bicyclic) bond motifs is 3. The molecule has 3 fully saturated rings. The number of anilines is 2. The van der Waals surface area contributed by atoms with Crippen LogP contribution in [0, 0.1) is 11.3 Å². The Kier molecular flexibility index (Phi) is 6.03. The van der Waals surface area contributed by atoms with Crippen molar-refractivity contribution in [2.24, 2.45) is 17.1 Å². The predicted octanol–water partition coefficient (Wildman–Crippen LogP) is 2.45. The van der Waals surface area contributed by atoms with Gasteiger partial charge in [-0.1, -0.05) is 18.7 Å². The van der Waals surface area contributed by atoms with Gasteiger partial charge in [0.05, 0.1) is 36.5 Å². The summed E-state index contributed by atoms with van der Waals surface area (Å²) in [4.78, 5) is 19.7. The van der Waals surface area contributed by atoms with Crippen LogP contribution in [0.2, 0.25) is 0 Å². The van der Waals surface area contributed by atoms with Gasteiger partial charge in [0.2, 0.25) is 0 Å². The molecule has 1 spiro atoms. The molecule has 6 rings (SSSR count).